The SMILES string of the molecule is COC(=O)c1ccc(/C=N/NC(=O)C(=O)Nc2ccc(Oc3ccccc3)cc2)cc1. The molecule has 0 unspecified atom stereocenters. The van der Waals surface area contributed by atoms with Crippen molar-refractivity contribution in [3.05, 3.63) is 90.0 Å². The van der Waals surface area contributed by atoms with Crippen LogP contribution in [0.2, 0.25) is 0 Å². The summed E-state index contributed by atoms with van der Waals surface area (Å²) in [7, 11) is 1.30. The Kier molecular flexibility index (Phi) is 7.10. The molecular weight excluding hydrogens is 398 g/mol. The van der Waals surface area contributed by atoms with E-state index in [2.05, 4.69) is 20.6 Å². The van der Waals surface area contributed by atoms with Gasteiger partial charge in [-0.05, 0) is 54.1 Å². The number of carbonyl (C=O) groups is 3. The van der Waals surface area contributed by atoms with E-state index in [4.69, 9.17) is 4.74 Å². The molecule has 0 bridgehead atoms. The van der Waals surface area contributed by atoms with Crippen LogP contribution in [-0.4, -0.2) is 31.1 Å². The standard InChI is InChI=1S/C23H19N3O5/c1-30-23(29)17-9-7-16(8-10-17)15-24-26-22(28)21(27)25-18-11-13-20(14-12-18)31-19-5-3-2-4-6-19/h2-15H,1H3,(H,25,27)(H,26,28)/b24-15+. The van der Waals surface area contributed by atoms with Crippen molar-refractivity contribution in [3.8, 4) is 11.5 Å². The minimum atomic E-state index is -0.924. The van der Waals surface area contributed by atoms with Crippen LogP contribution in [0.25, 0.3) is 0 Å². The molecule has 2 N–H and O–H groups in total. The van der Waals surface area contributed by atoms with E-state index in [1.165, 1.54) is 13.3 Å². The Labute approximate surface area is 178 Å². The molecular formula is C23H19N3O5. The predicted octanol–water partition coefficient (Wildman–Crippen LogP) is 3.35. The molecule has 0 spiro atoms. The van der Waals surface area contributed by atoms with Crippen LogP contribution in [0.4, 0.5) is 5.69 Å². The van der Waals surface area contributed by atoms with Gasteiger partial charge >= 0.3 is 17.8 Å². The van der Waals surface area contributed by atoms with Gasteiger partial charge in [-0.1, -0.05) is 30.3 Å². The van der Waals surface area contributed by atoms with Gasteiger partial charge in [-0.15, -0.1) is 0 Å². The van der Waals surface area contributed by atoms with Gasteiger partial charge in [0.05, 0.1) is 18.9 Å². The number of nitrogens with zero attached hydrogens (tertiary/aromatic N) is 1. The van der Waals surface area contributed by atoms with E-state index >= 15 is 0 Å². The summed E-state index contributed by atoms with van der Waals surface area (Å²) in [5.74, 6) is -0.956. The average Bonchev–Trinajstić information content (AvgIpc) is 2.81. The zero-order chi connectivity index (χ0) is 22.1. The molecule has 3 aromatic carbocycles. The van der Waals surface area contributed by atoms with Gasteiger partial charge in [-0.25, -0.2) is 10.2 Å². The predicted molar refractivity (Wildman–Crippen MR) is 115 cm³/mol. The van der Waals surface area contributed by atoms with Crippen LogP contribution in [-0.2, 0) is 14.3 Å². The van der Waals surface area contributed by atoms with Gasteiger partial charge < -0.3 is 14.8 Å². The van der Waals surface area contributed by atoms with Crippen LogP contribution in [0.15, 0.2) is 84.0 Å². The lowest BCUT2D eigenvalue weighted by atomic mass is 10.1. The number of benzene rings is 3. The molecule has 3 rings (SSSR count). The van der Waals surface area contributed by atoms with Crippen LogP contribution < -0.4 is 15.5 Å². The van der Waals surface area contributed by atoms with Gasteiger partial charge in [0.2, 0.25) is 0 Å². The molecule has 3 aromatic rings. The highest BCUT2D eigenvalue weighted by molar-refractivity contribution is 6.39. The van der Waals surface area contributed by atoms with Crippen molar-refractivity contribution in [1.82, 2.24) is 5.43 Å². The molecule has 0 aliphatic heterocycles. The maximum atomic E-state index is 12.0. The summed E-state index contributed by atoms with van der Waals surface area (Å²) in [6, 6.07) is 22.2. The third-order valence-corrected chi connectivity index (χ3v) is 4.01. The number of ether oxygens (including phenoxy) is 2. The topological polar surface area (TPSA) is 106 Å². The van der Waals surface area contributed by atoms with Crippen molar-refractivity contribution in [2.24, 2.45) is 5.10 Å². The Hall–Kier alpha value is -4.46. The zero-order valence-corrected chi connectivity index (χ0v) is 16.6. The van der Waals surface area contributed by atoms with Crippen molar-refractivity contribution in [2.75, 3.05) is 12.4 Å². The van der Waals surface area contributed by atoms with Crippen molar-refractivity contribution in [3.63, 3.8) is 0 Å². The highest BCUT2D eigenvalue weighted by atomic mass is 16.5. The van der Waals surface area contributed by atoms with Gasteiger partial charge in [0, 0.05) is 5.69 Å². The molecule has 0 aliphatic carbocycles. The fraction of sp³-hybridized carbons (Fsp3) is 0.0435. The lowest BCUT2D eigenvalue weighted by molar-refractivity contribution is -0.136. The van der Waals surface area contributed by atoms with Crippen molar-refractivity contribution in [1.29, 1.82) is 0 Å². The maximum Gasteiger partial charge on any atom is 0.337 e. The highest BCUT2D eigenvalue weighted by Crippen LogP contribution is 2.22. The van der Waals surface area contributed by atoms with E-state index in [1.54, 1.807) is 48.5 Å². The molecule has 156 valence electrons. The monoisotopic (exact) mass is 417 g/mol. The number of hydrazone groups is 1. The Morgan fingerprint density at radius 1 is 0.806 bits per heavy atom. The van der Waals surface area contributed by atoms with E-state index in [-0.39, 0.29) is 0 Å². The third kappa shape index (κ3) is 6.26. The van der Waals surface area contributed by atoms with Crippen LogP contribution in [0.5, 0.6) is 11.5 Å². The average molecular weight is 417 g/mol. The second kappa shape index (κ2) is 10.4. The molecule has 2 amide bonds. The van der Waals surface area contributed by atoms with Crippen LogP contribution in [0, 0.1) is 0 Å². The lowest BCUT2D eigenvalue weighted by Crippen LogP contribution is -2.32. The Balaban J connectivity index is 1.49. The van der Waals surface area contributed by atoms with Crippen molar-refractivity contribution >= 4 is 29.7 Å². The third-order valence-electron chi connectivity index (χ3n) is 4.01. The summed E-state index contributed by atoms with van der Waals surface area (Å²) < 4.78 is 10.3. The van der Waals surface area contributed by atoms with Gasteiger partial charge in [0.25, 0.3) is 0 Å². The largest absolute Gasteiger partial charge is 0.465 e. The van der Waals surface area contributed by atoms with E-state index in [9.17, 15) is 14.4 Å². The molecule has 0 radical (unpaired) electrons. The first-order valence-electron chi connectivity index (χ1n) is 9.21. The van der Waals surface area contributed by atoms with Crippen LogP contribution >= 0.6 is 0 Å². The normalized spacial score (nSPS) is 10.4. The first-order valence-corrected chi connectivity index (χ1v) is 9.21. The lowest BCUT2D eigenvalue weighted by Gasteiger charge is -2.07. The van der Waals surface area contributed by atoms with Gasteiger partial charge in [-0.3, -0.25) is 9.59 Å². The second-order valence-corrected chi connectivity index (χ2v) is 6.21. The van der Waals surface area contributed by atoms with E-state index in [0.717, 1.165) is 0 Å². The molecule has 31 heavy (non-hydrogen) atoms. The fourth-order valence-electron chi connectivity index (χ4n) is 2.46. The first kappa shape index (κ1) is 21.3. The number of amides is 2. The Bertz CT molecular complexity index is 1080. The van der Waals surface area contributed by atoms with Gasteiger partial charge in [0.15, 0.2) is 0 Å². The van der Waals surface area contributed by atoms with Gasteiger partial charge in [-0.2, -0.15) is 5.10 Å². The number of anilines is 1. The summed E-state index contributed by atoms with van der Waals surface area (Å²) in [5.41, 5.74) is 3.60. The smallest absolute Gasteiger partial charge is 0.337 e. The number of esters is 1. The van der Waals surface area contributed by atoms with E-state index in [0.29, 0.717) is 28.3 Å². The number of para-hydroxylation sites is 1. The second-order valence-electron chi connectivity index (χ2n) is 6.21. The summed E-state index contributed by atoms with van der Waals surface area (Å²) in [4.78, 5) is 35.3. The molecule has 0 saturated carbocycles. The number of carbonyl (C=O) groups excluding carboxylic acids is 3. The minimum Gasteiger partial charge on any atom is -0.465 e. The molecule has 0 aliphatic rings. The molecule has 0 atom stereocenters. The molecule has 8 nitrogen and oxygen atoms in total. The highest BCUT2D eigenvalue weighted by Gasteiger charge is 2.13. The minimum absolute atomic E-state index is 0.392. The molecule has 0 saturated heterocycles. The fourth-order valence-corrected chi connectivity index (χ4v) is 2.46. The quantitative estimate of drug-likeness (QED) is 0.277. The number of hydrogen-bond acceptors (Lipinski definition) is 6. The molecule has 0 fully saturated rings. The number of nitrogens with one attached hydrogen (secondary N) is 2. The summed E-state index contributed by atoms with van der Waals surface area (Å²) in [5, 5.41) is 6.21. The molecule has 8 heteroatoms. The van der Waals surface area contributed by atoms with Crippen molar-refractivity contribution in [2.45, 2.75) is 0 Å². The Morgan fingerprint density at radius 3 is 2.10 bits per heavy atom. The maximum absolute atomic E-state index is 12.0. The van der Waals surface area contributed by atoms with Gasteiger partial charge in [0.1, 0.15) is 11.5 Å². The summed E-state index contributed by atoms with van der Waals surface area (Å²) >= 11 is 0. The summed E-state index contributed by atoms with van der Waals surface area (Å²) in [6.07, 6.45) is 1.35. The first-order chi connectivity index (χ1) is 15.0. The van der Waals surface area contributed by atoms with E-state index < -0.39 is 17.8 Å². The Morgan fingerprint density at radius 2 is 1.45 bits per heavy atom. The van der Waals surface area contributed by atoms with Crippen molar-refractivity contribution < 1.29 is 23.9 Å². The van der Waals surface area contributed by atoms with Crippen LogP contribution in [0.1, 0.15) is 15.9 Å². The zero-order valence-electron chi connectivity index (χ0n) is 16.6. The molecule has 0 heterocycles. The van der Waals surface area contributed by atoms with E-state index in [1.807, 2.05) is 30.3 Å². The number of methoxy groups -OCH3 is 1. The van der Waals surface area contributed by atoms with Crippen LogP contribution in [0.3, 0.4) is 0 Å². The number of hydrogen-bond donors (Lipinski definition) is 2. The summed E-state index contributed by atoms with van der Waals surface area (Å²) in [6.45, 7) is 0. The number of rotatable bonds is 6. The molecule has 0 aromatic heterocycles.